The Morgan fingerprint density at radius 3 is 2.73 bits per heavy atom. The van der Waals surface area contributed by atoms with E-state index in [9.17, 15) is 4.79 Å². The number of hydrogen-bond acceptors (Lipinski definition) is 5. The van der Waals surface area contributed by atoms with Crippen molar-refractivity contribution >= 4 is 5.91 Å². The number of carbonyl (C=O) groups is 1. The minimum atomic E-state index is -0.603. The monoisotopic (exact) mass is 492 g/mol. The molecule has 188 valence electrons. The van der Waals surface area contributed by atoms with Gasteiger partial charge in [-0.1, -0.05) is 55.5 Å². The van der Waals surface area contributed by atoms with E-state index in [4.69, 9.17) is 0 Å². The second-order valence-electron chi connectivity index (χ2n) is 10.8. The first-order valence-electron chi connectivity index (χ1n) is 13.0. The Kier molecular flexibility index (Phi) is 5.59. The van der Waals surface area contributed by atoms with E-state index in [-0.39, 0.29) is 17.6 Å². The fourth-order valence-corrected chi connectivity index (χ4v) is 6.09. The van der Waals surface area contributed by atoms with Crippen molar-refractivity contribution in [1.29, 1.82) is 0 Å². The fourth-order valence-electron chi connectivity index (χ4n) is 6.09. The standard InChI is InChI=1S/C30H32N6O/c1-4-30(24-18-31-35-27(24)33-25-16-29(2,3)34-28(37)26(25)30)23-12-8-11-21(15-23)22-17-32-36(19-22)14-13-20-9-6-5-7-10-20/h5-12,15,17-19,27,33H,4,13-14,16H2,1-3H3,(H,34,37)/t27?,30-/m1/s1. The van der Waals surface area contributed by atoms with Gasteiger partial charge in [-0.05, 0) is 49.4 Å². The van der Waals surface area contributed by atoms with Gasteiger partial charge >= 0.3 is 0 Å². The maximum absolute atomic E-state index is 13.6. The molecule has 3 aliphatic heterocycles. The van der Waals surface area contributed by atoms with Gasteiger partial charge in [-0.15, -0.1) is 0 Å². The maximum atomic E-state index is 13.6. The molecule has 3 aromatic rings. The van der Waals surface area contributed by atoms with Crippen molar-refractivity contribution in [2.24, 2.45) is 10.2 Å². The van der Waals surface area contributed by atoms with Crippen LogP contribution in [0.2, 0.25) is 0 Å². The molecule has 1 unspecified atom stereocenters. The third-order valence-electron chi connectivity index (χ3n) is 7.83. The number of azo groups is 1. The molecule has 0 spiro atoms. The van der Waals surface area contributed by atoms with Gasteiger partial charge in [0.1, 0.15) is 0 Å². The second kappa shape index (κ2) is 8.83. The molecule has 2 N–H and O–H groups in total. The predicted molar refractivity (Wildman–Crippen MR) is 144 cm³/mol. The molecule has 6 rings (SSSR count). The smallest absolute Gasteiger partial charge is 0.250 e. The molecule has 0 saturated heterocycles. The number of fused-ring (bicyclic) bond motifs is 1. The maximum Gasteiger partial charge on any atom is 0.250 e. The average molecular weight is 493 g/mol. The lowest BCUT2D eigenvalue weighted by Gasteiger charge is -2.48. The van der Waals surface area contributed by atoms with E-state index in [0.717, 1.165) is 59.3 Å². The highest BCUT2D eigenvalue weighted by Gasteiger charge is 2.53. The van der Waals surface area contributed by atoms with E-state index < -0.39 is 5.41 Å². The molecule has 2 atom stereocenters. The van der Waals surface area contributed by atoms with Crippen molar-refractivity contribution in [3.63, 3.8) is 0 Å². The molecule has 7 heteroatoms. The van der Waals surface area contributed by atoms with Crippen molar-refractivity contribution in [1.82, 2.24) is 20.4 Å². The lowest BCUT2D eigenvalue weighted by molar-refractivity contribution is -0.120. The number of rotatable bonds is 6. The Morgan fingerprint density at radius 1 is 1.08 bits per heavy atom. The van der Waals surface area contributed by atoms with Crippen LogP contribution >= 0.6 is 0 Å². The zero-order valence-electron chi connectivity index (χ0n) is 21.5. The number of hydrogen-bond donors (Lipinski definition) is 2. The van der Waals surface area contributed by atoms with Crippen LogP contribution in [-0.4, -0.2) is 27.4 Å². The number of nitrogens with one attached hydrogen (secondary N) is 2. The van der Waals surface area contributed by atoms with Crippen LogP contribution in [0.1, 0.15) is 44.7 Å². The highest BCUT2D eigenvalue weighted by atomic mass is 16.2. The van der Waals surface area contributed by atoms with Gasteiger partial charge in [-0.25, -0.2) is 0 Å². The van der Waals surface area contributed by atoms with E-state index in [0.29, 0.717) is 0 Å². The van der Waals surface area contributed by atoms with Gasteiger partial charge in [0.25, 0.3) is 5.91 Å². The van der Waals surface area contributed by atoms with E-state index in [1.807, 2.05) is 23.1 Å². The van der Waals surface area contributed by atoms with Gasteiger partial charge in [-0.2, -0.15) is 15.3 Å². The molecule has 1 aromatic heterocycles. The summed E-state index contributed by atoms with van der Waals surface area (Å²) in [4.78, 5) is 13.6. The number of benzene rings is 2. The summed E-state index contributed by atoms with van der Waals surface area (Å²) in [6.07, 6.45) is 8.01. The molecule has 0 bridgehead atoms. The van der Waals surface area contributed by atoms with Crippen molar-refractivity contribution in [3.8, 4) is 11.1 Å². The first-order valence-corrected chi connectivity index (χ1v) is 13.0. The molecule has 0 fully saturated rings. The number of aromatic nitrogens is 2. The number of amides is 1. The van der Waals surface area contributed by atoms with Crippen LogP contribution in [0.5, 0.6) is 0 Å². The highest BCUT2D eigenvalue weighted by Crippen LogP contribution is 2.51. The summed E-state index contributed by atoms with van der Waals surface area (Å²) in [5.74, 6) is -0.0222. The summed E-state index contributed by atoms with van der Waals surface area (Å²) in [5, 5.41) is 20.1. The Balaban J connectivity index is 1.38. The van der Waals surface area contributed by atoms with Crippen molar-refractivity contribution in [2.45, 2.75) is 63.7 Å². The van der Waals surface area contributed by atoms with Crippen LogP contribution in [-0.2, 0) is 23.2 Å². The van der Waals surface area contributed by atoms with Crippen molar-refractivity contribution in [3.05, 3.63) is 101 Å². The van der Waals surface area contributed by atoms with Crippen LogP contribution in [0, 0.1) is 0 Å². The van der Waals surface area contributed by atoms with Crippen LogP contribution < -0.4 is 10.6 Å². The predicted octanol–water partition coefficient (Wildman–Crippen LogP) is 5.27. The molecule has 7 nitrogen and oxygen atoms in total. The number of aryl methyl sites for hydroxylation is 2. The number of carbonyl (C=O) groups excluding carboxylic acids is 1. The molecular weight excluding hydrogens is 460 g/mol. The Labute approximate surface area is 217 Å². The Morgan fingerprint density at radius 2 is 1.92 bits per heavy atom. The molecular formula is C30H32N6O. The molecule has 0 saturated carbocycles. The average Bonchev–Trinajstić information content (AvgIpc) is 3.56. The summed E-state index contributed by atoms with van der Waals surface area (Å²) in [7, 11) is 0. The van der Waals surface area contributed by atoms with Crippen molar-refractivity contribution in [2.75, 3.05) is 0 Å². The normalized spacial score (nSPS) is 23.7. The van der Waals surface area contributed by atoms with Gasteiger partial charge in [0.05, 0.1) is 23.4 Å². The summed E-state index contributed by atoms with van der Waals surface area (Å²) < 4.78 is 2.00. The van der Waals surface area contributed by atoms with E-state index in [1.54, 1.807) is 0 Å². The minimum Gasteiger partial charge on any atom is -0.362 e. The Bertz CT molecular complexity index is 1450. The minimum absolute atomic E-state index is 0.0222. The van der Waals surface area contributed by atoms with Crippen molar-refractivity contribution < 1.29 is 4.79 Å². The van der Waals surface area contributed by atoms with Crippen LogP contribution in [0.4, 0.5) is 0 Å². The van der Waals surface area contributed by atoms with Gasteiger partial charge in [0.15, 0.2) is 6.17 Å². The van der Waals surface area contributed by atoms with E-state index >= 15 is 0 Å². The highest BCUT2D eigenvalue weighted by molar-refractivity contribution is 6.00. The van der Waals surface area contributed by atoms with Gasteiger partial charge in [-0.3, -0.25) is 9.48 Å². The largest absolute Gasteiger partial charge is 0.362 e. The summed E-state index contributed by atoms with van der Waals surface area (Å²) >= 11 is 0. The van der Waals surface area contributed by atoms with E-state index in [1.165, 1.54) is 5.56 Å². The Hall–Kier alpha value is -4.00. The van der Waals surface area contributed by atoms with Crippen LogP contribution in [0.25, 0.3) is 11.1 Å². The van der Waals surface area contributed by atoms with Gasteiger partial charge in [0.2, 0.25) is 0 Å². The zero-order valence-corrected chi connectivity index (χ0v) is 21.5. The molecule has 3 aliphatic rings. The van der Waals surface area contributed by atoms with Crippen LogP contribution in [0.3, 0.4) is 0 Å². The lowest BCUT2D eigenvalue weighted by atomic mass is 9.62. The molecule has 0 aliphatic carbocycles. The second-order valence-corrected chi connectivity index (χ2v) is 10.8. The fraction of sp³-hybridized carbons (Fsp3) is 0.333. The topological polar surface area (TPSA) is 83.7 Å². The van der Waals surface area contributed by atoms with Gasteiger partial charge in [0, 0.05) is 41.5 Å². The van der Waals surface area contributed by atoms with Crippen LogP contribution in [0.15, 0.2) is 100 Å². The molecule has 2 aromatic carbocycles. The zero-order chi connectivity index (χ0) is 25.6. The third-order valence-corrected chi connectivity index (χ3v) is 7.83. The summed E-state index contributed by atoms with van der Waals surface area (Å²) in [6.45, 7) is 7.08. The first kappa shape index (κ1) is 23.4. The molecule has 37 heavy (non-hydrogen) atoms. The third kappa shape index (κ3) is 3.99. The van der Waals surface area contributed by atoms with Gasteiger partial charge < -0.3 is 10.6 Å². The summed E-state index contributed by atoms with van der Waals surface area (Å²) in [6, 6.07) is 19.0. The summed E-state index contributed by atoms with van der Waals surface area (Å²) in [5.41, 5.74) is 6.38. The lowest BCUT2D eigenvalue weighted by Crippen LogP contribution is -2.58. The molecule has 0 radical (unpaired) electrons. The quantitative estimate of drug-likeness (QED) is 0.492. The molecule has 1 amide bonds. The SMILES string of the molecule is CC[C@@]1(c2cccc(-c3cnn(CCc4ccccc4)c3)c2)C2=CN=NC2NC2=C1C(=O)NC(C)(C)C2. The first-order chi connectivity index (χ1) is 17.9. The number of nitrogens with zero attached hydrogens (tertiary/aromatic N) is 4. The van der Waals surface area contributed by atoms with E-state index in [2.05, 4.69) is 101 Å². The molecule has 4 heterocycles.